The first-order chi connectivity index (χ1) is 12.1. The van der Waals surface area contributed by atoms with E-state index >= 15 is 0 Å². The summed E-state index contributed by atoms with van der Waals surface area (Å²) in [5.74, 6) is 2.44. The van der Waals surface area contributed by atoms with Gasteiger partial charge < -0.3 is 10.2 Å². The van der Waals surface area contributed by atoms with Crippen molar-refractivity contribution in [3.63, 3.8) is 0 Å². The van der Waals surface area contributed by atoms with Gasteiger partial charge in [-0.15, -0.1) is 0 Å². The summed E-state index contributed by atoms with van der Waals surface area (Å²) in [4.78, 5) is 9.54. The van der Waals surface area contributed by atoms with Crippen molar-refractivity contribution in [2.24, 2.45) is 18.0 Å². The highest BCUT2D eigenvalue weighted by Gasteiger charge is 2.27. The summed E-state index contributed by atoms with van der Waals surface area (Å²) in [6.45, 7) is 10.2. The van der Waals surface area contributed by atoms with Crippen LogP contribution in [0.3, 0.4) is 0 Å². The van der Waals surface area contributed by atoms with Gasteiger partial charge in [-0.1, -0.05) is 6.92 Å². The Morgan fingerprint density at radius 2 is 2.20 bits per heavy atom. The normalized spacial score (nSPS) is 26.9. The third kappa shape index (κ3) is 4.54. The molecule has 6 nitrogen and oxygen atoms in total. The number of likely N-dealkylation sites (tertiary alicyclic amines) is 2. The maximum absolute atomic E-state index is 4.53. The molecule has 3 heterocycles. The lowest BCUT2D eigenvalue weighted by Crippen LogP contribution is -2.49. The predicted octanol–water partition coefficient (Wildman–Crippen LogP) is 1.91. The number of guanidine groups is 1. The third-order valence-corrected chi connectivity index (χ3v) is 5.76. The number of aliphatic imine (C=N–C) groups is 1. The Morgan fingerprint density at radius 1 is 1.36 bits per heavy atom. The second-order valence-corrected chi connectivity index (χ2v) is 7.90. The molecule has 1 aromatic heterocycles. The van der Waals surface area contributed by atoms with Gasteiger partial charge in [0.1, 0.15) is 0 Å². The molecule has 1 N–H and O–H groups in total. The Bertz CT molecular complexity index is 580. The molecule has 0 aliphatic carbocycles. The van der Waals surface area contributed by atoms with E-state index < -0.39 is 0 Å². The van der Waals surface area contributed by atoms with Crippen LogP contribution in [0.2, 0.25) is 0 Å². The van der Waals surface area contributed by atoms with Gasteiger partial charge in [0, 0.05) is 58.4 Å². The van der Waals surface area contributed by atoms with Crippen LogP contribution in [0.5, 0.6) is 0 Å². The molecular formula is C19H34N6. The van der Waals surface area contributed by atoms with Crippen LogP contribution in [0.4, 0.5) is 0 Å². The van der Waals surface area contributed by atoms with Crippen molar-refractivity contribution < 1.29 is 0 Å². The molecule has 0 spiro atoms. The molecule has 0 saturated carbocycles. The first-order valence-electron chi connectivity index (χ1n) is 9.75. The predicted molar refractivity (Wildman–Crippen MR) is 103 cm³/mol. The Kier molecular flexibility index (Phi) is 5.99. The van der Waals surface area contributed by atoms with E-state index in [4.69, 9.17) is 0 Å². The summed E-state index contributed by atoms with van der Waals surface area (Å²) in [7, 11) is 3.88. The lowest BCUT2D eigenvalue weighted by Gasteiger charge is -2.36. The summed E-state index contributed by atoms with van der Waals surface area (Å²) in [6, 6.07) is 0.552. The minimum atomic E-state index is 0.552. The molecular weight excluding hydrogens is 312 g/mol. The van der Waals surface area contributed by atoms with Crippen molar-refractivity contribution in [3.8, 4) is 0 Å². The molecule has 25 heavy (non-hydrogen) atoms. The molecule has 3 unspecified atom stereocenters. The Morgan fingerprint density at radius 3 is 2.88 bits per heavy atom. The minimum Gasteiger partial charge on any atom is -0.355 e. The van der Waals surface area contributed by atoms with E-state index in [9.17, 15) is 0 Å². The summed E-state index contributed by atoms with van der Waals surface area (Å²) in [5, 5.41) is 7.93. The van der Waals surface area contributed by atoms with E-state index in [0.29, 0.717) is 12.0 Å². The second kappa shape index (κ2) is 8.21. The van der Waals surface area contributed by atoms with Crippen LogP contribution in [-0.2, 0) is 7.05 Å². The topological polar surface area (TPSA) is 48.7 Å². The molecule has 2 aliphatic rings. The molecule has 2 fully saturated rings. The third-order valence-electron chi connectivity index (χ3n) is 5.76. The first kappa shape index (κ1) is 18.2. The Labute approximate surface area is 152 Å². The van der Waals surface area contributed by atoms with Crippen molar-refractivity contribution >= 4 is 5.96 Å². The van der Waals surface area contributed by atoms with Crippen LogP contribution < -0.4 is 5.32 Å². The van der Waals surface area contributed by atoms with Crippen LogP contribution in [0.25, 0.3) is 0 Å². The second-order valence-electron chi connectivity index (χ2n) is 7.90. The molecule has 140 valence electrons. The van der Waals surface area contributed by atoms with Crippen molar-refractivity contribution in [3.05, 3.63) is 18.0 Å². The van der Waals surface area contributed by atoms with Gasteiger partial charge >= 0.3 is 0 Å². The molecule has 0 aromatic carbocycles. The van der Waals surface area contributed by atoms with Crippen LogP contribution in [-0.4, -0.2) is 71.4 Å². The average molecular weight is 347 g/mol. The number of piperidine rings is 1. The van der Waals surface area contributed by atoms with E-state index in [2.05, 4.69) is 45.3 Å². The largest absolute Gasteiger partial charge is 0.355 e. The Balaban J connectivity index is 1.49. The van der Waals surface area contributed by atoms with E-state index in [0.717, 1.165) is 31.5 Å². The number of hydrogen-bond acceptors (Lipinski definition) is 3. The zero-order valence-electron chi connectivity index (χ0n) is 16.3. The molecule has 3 rings (SSSR count). The van der Waals surface area contributed by atoms with Crippen molar-refractivity contribution in [1.29, 1.82) is 0 Å². The van der Waals surface area contributed by atoms with E-state index in [1.165, 1.54) is 37.9 Å². The van der Waals surface area contributed by atoms with E-state index in [1.807, 2.05) is 25.0 Å². The highest BCUT2D eigenvalue weighted by Crippen LogP contribution is 2.26. The van der Waals surface area contributed by atoms with Gasteiger partial charge in [-0.3, -0.25) is 14.6 Å². The van der Waals surface area contributed by atoms with Crippen LogP contribution in [0.15, 0.2) is 17.4 Å². The molecule has 2 aliphatic heterocycles. The maximum Gasteiger partial charge on any atom is 0.193 e. The van der Waals surface area contributed by atoms with Gasteiger partial charge in [0.05, 0.1) is 6.20 Å². The van der Waals surface area contributed by atoms with Gasteiger partial charge in [-0.2, -0.15) is 5.10 Å². The molecule has 0 bridgehead atoms. The monoisotopic (exact) mass is 346 g/mol. The average Bonchev–Trinajstić information content (AvgIpc) is 3.24. The van der Waals surface area contributed by atoms with Crippen LogP contribution in [0.1, 0.15) is 44.6 Å². The number of aromatic nitrogens is 2. The summed E-state index contributed by atoms with van der Waals surface area (Å²) < 4.78 is 1.90. The summed E-state index contributed by atoms with van der Waals surface area (Å²) in [5.41, 5.74) is 1.34. The standard InChI is InChI=1S/C19H34N6/c1-15-6-5-8-24(12-15)16(2)10-21-19(20-3)25-9-7-17(14-25)18-11-22-23(4)13-18/h11,13,15-17H,5-10,12,14H2,1-4H3,(H,20,21). The number of aryl methyl sites for hydroxylation is 1. The van der Waals surface area contributed by atoms with E-state index in [1.54, 1.807) is 0 Å². The van der Waals surface area contributed by atoms with Crippen molar-refractivity contribution in [2.45, 2.75) is 45.1 Å². The smallest absolute Gasteiger partial charge is 0.193 e. The zero-order chi connectivity index (χ0) is 17.8. The number of rotatable bonds is 4. The number of nitrogens with zero attached hydrogens (tertiary/aromatic N) is 5. The van der Waals surface area contributed by atoms with Crippen LogP contribution in [0, 0.1) is 5.92 Å². The highest BCUT2D eigenvalue weighted by molar-refractivity contribution is 5.80. The van der Waals surface area contributed by atoms with Crippen molar-refractivity contribution in [2.75, 3.05) is 39.8 Å². The van der Waals surface area contributed by atoms with Gasteiger partial charge in [0.25, 0.3) is 0 Å². The maximum atomic E-state index is 4.53. The van der Waals surface area contributed by atoms with Gasteiger partial charge in [0.2, 0.25) is 0 Å². The van der Waals surface area contributed by atoms with E-state index in [-0.39, 0.29) is 0 Å². The zero-order valence-corrected chi connectivity index (χ0v) is 16.3. The minimum absolute atomic E-state index is 0.552. The van der Waals surface area contributed by atoms with Crippen LogP contribution >= 0.6 is 0 Å². The summed E-state index contributed by atoms with van der Waals surface area (Å²) >= 11 is 0. The first-order valence-corrected chi connectivity index (χ1v) is 9.75. The fourth-order valence-corrected chi connectivity index (χ4v) is 4.20. The molecule has 2 saturated heterocycles. The van der Waals surface area contributed by atoms with Gasteiger partial charge in [-0.25, -0.2) is 0 Å². The van der Waals surface area contributed by atoms with Crippen molar-refractivity contribution in [1.82, 2.24) is 24.9 Å². The molecule has 6 heteroatoms. The summed E-state index contributed by atoms with van der Waals surface area (Å²) in [6.07, 6.45) is 8.03. The lowest BCUT2D eigenvalue weighted by atomic mass is 9.99. The highest BCUT2D eigenvalue weighted by atomic mass is 15.3. The quantitative estimate of drug-likeness (QED) is 0.668. The number of hydrogen-bond donors (Lipinski definition) is 1. The molecule has 1 aromatic rings. The number of nitrogens with one attached hydrogen (secondary N) is 1. The molecule has 0 amide bonds. The lowest BCUT2D eigenvalue weighted by molar-refractivity contribution is 0.139. The molecule has 3 atom stereocenters. The fraction of sp³-hybridized carbons (Fsp3) is 0.789. The van der Waals surface area contributed by atoms with Gasteiger partial charge in [-0.05, 0) is 44.2 Å². The van der Waals surface area contributed by atoms with Gasteiger partial charge in [0.15, 0.2) is 5.96 Å². The fourth-order valence-electron chi connectivity index (χ4n) is 4.20. The SMILES string of the molecule is CN=C(NCC(C)N1CCCC(C)C1)N1CCC(c2cnn(C)c2)C1. The molecule has 0 radical (unpaired) electrons. The Hall–Kier alpha value is -1.56.